The van der Waals surface area contributed by atoms with Gasteiger partial charge in [0, 0.05) is 53.6 Å². The van der Waals surface area contributed by atoms with E-state index in [1.165, 1.54) is 0 Å². The van der Waals surface area contributed by atoms with Crippen molar-refractivity contribution in [2.75, 3.05) is 32.1 Å². The molecule has 3 rings (SSSR count). The van der Waals surface area contributed by atoms with Crippen LogP contribution >= 0.6 is 11.8 Å². The molecule has 0 atom stereocenters. The molecule has 0 aliphatic carbocycles. The molecule has 1 N–H and O–H groups in total. The van der Waals surface area contributed by atoms with E-state index in [-0.39, 0.29) is 0 Å². The van der Waals surface area contributed by atoms with Gasteiger partial charge in [-0.05, 0) is 51.1 Å². The Morgan fingerprint density at radius 1 is 1.09 bits per heavy atom. The zero-order chi connectivity index (χ0) is 22.8. The molecular weight excluding hydrogens is 442 g/mol. The van der Waals surface area contributed by atoms with E-state index < -0.39 is 14.7 Å². The summed E-state index contributed by atoms with van der Waals surface area (Å²) in [7, 11) is -2.14. The molecular formula is C23H31N3O4SSi. The highest BCUT2D eigenvalue weighted by Gasteiger charge is 2.29. The number of hydrogen-bond acceptors (Lipinski definition) is 7. The molecule has 0 bridgehead atoms. The minimum Gasteiger partial charge on any atom is -0.449 e. The van der Waals surface area contributed by atoms with Gasteiger partial charge in [0.15, 0.2) is 0 Å². The van der Waals surface area contributed by atoms with Crippen LogP contribution in [0.5, 0.6) is 0 Å². The predicted octanol–water partition coefficient (Wildman–Crippen LogP) is 5.14. The number of rotatable bonds is 12. The molecule has 0 saturated heterocycles. The Hall–Kier alpha value is -2.20. The molecule has 0 spiro atoms. The molecule has 0 unspecified atom stereocenters. The quantitative estimate of drug-likeness (QED) is 0.169. The second-order valence-corrected chi connectivity index (χ2v) is 11.8. The van der Waals surface area contributed by atoms with Gasteiger partial charge in [-0.2, -0.15) is 0 Å². The molecule has 172 valence electrons. The maximum atomic E-state index is 12.0. The van der Waals surface area contributed by atoms with Crippen LogP contribution in [-0.2, 0) is 13.6 Å². The van der Waals surface area contributed by atoms with Crippen LogP contribution in [0, 0.1) is 0 Å². The molecule has 0 radical (unpaired) electrons. The van der Waals surface area contributed by atoms with Crippen LogP contribution in [0.2, 0.25) is 12.6 Å². The maximum Gasteiger partial charge on any atom is 0.407 e. The van der Waals surface area contributed by atoms with Crippen LogP contribution in [0.3, 0.4) is 0 Å². The first-order chi connectivity index (χ1) is 15.6. The third-order valence-electron chi connectivity index (χ3n) is 4.97. The van der Waals surface area contributed by atoms with E-state index in [1.807, 2.05) is 38.1 Å². The number of hydrogen-bond donors (Lipinski definition) is 1. The molecule has 3 aromatic rings. The smallest absolute Gasteiger partial charge is 0.407 e. The number of pyridine rings is 2. The number of thioether (sulfide) groups is 1. The molecule has 0 saturated carbocycles. The number of amides is 1. The van der Waals surface area contributed by atoms with E-state index in [2.05, 4.69) is 27.9 Å². The first kappa shape index (κ1) is 24.4. The molecule has 2 heterocycles. The van der Waals surface area contributed by atoms with Gasteiger partial charge in [-0.3, -0.25) is 9.97 Å². The first-order valence-electron chi connectivity index (χ1n) is 11.0. The normalized spacial score (nSPS) is 11.7. The monoisotopic (exact) mass is 473 g/mol. The van der Waals surface area contributed by atoms with Crippen molar-refractivity contribution in [1.82, 2.24) is 15.3 Å². The Morgan fingerprint density at radius 2 is 1.81 bits per heavy atom. The van der Waals surface area contributed by atoms with Gasteiger partial charge in [0.2, 0.25) is 0 Å². The molecule has 0 aliphatic heterocycles. The Bertz CT molecular complexity index is 1030. The molecule has 32 heavy (non-hydrogen) atoms. The second kappa shape index (κ2) is 12.1. The summed E-state index contributed by atoms with van der Waals surface area (Å²) in [5.41, 5.74) is 1.79. The van der Waals surface area contributed by atoms with Gasteiger partial charge in [-0.15, -0.1) is 11.8 Å². The van der Waals surface area contributed by atoms with Crippen molar-refractivity contribution in [3.63, 3.8) is 0 Å². The Balaban J connectivity index is 1.44. The lowest BCUT2D eigenvalue weighted by atomic mass is 10.1. The Labute approximate surface area is 194 Å². The fourth-order valence-corrected chi connectivity index (χ4v) is 6.93. The second-order valence-electron chi connectivity index (χ2n) is 7.36. The number of benzene rings is 1. The third-order valence-corrected chi connectivity index (χ3v) is 9.05. The van der Waals surface area contributed by atoms with Crippen molar-refractivity contribution in [2.45, 2.75) is 37.8 Å². The number of ether oxygens (including phenoxy) is 1. The van der Waals surface area contributed by atoms with Gasteiger partial charge >= 0.3 is 14.7 Å². The van der Waals surface area contributed by atoms with Crippen molar-refractivity contribution in [2.24, 2.45) is 0 Å². The minimum atomic E-state index is -2.14. The van der Waals surface area contributed by atoms with E-state index in [1.54, 1.807) is 24.2 Å². The summed E-state index contributed by atoms with van der Waals surface area (Å²) in [6.07, 6.45) is 3.98. The molecule has 0 fully saturated rings. The van der Waals surface area contributed by atoms with E-state index in [9.17, 15) is 4.79 Å². The van der Waals surface area contributed by atoms with Crippen molar-refractivity contribution < 1.29 is 18.4 Å². The fraction of sp³-hybridized carbons (Fsp3) is 0.435. The van der Waals surface area contributed by atoms with Gasteiger partial charge < -0.3 is 18.9 Å². The zero-order valence-electron chi connectivity index (χ0n) is 18.9. The van der Waals surface area contributed by atoms with Crippen LogP contribution in [0.1, 0.15) is 20.3 Å². The SMILES string of the molecule is CCO[Si](C)(CCCNC(=O)OCCSc1cc2cccnc2c2ncccc12)OCC. The molecule has 7 nitrogen and oxygen atoms in total. The molecule has 1 amide bonds. The lowest BCUT2D eigenvalue weighted by molar-refractivity contribution is 0.152. The number of carbonyl (C=O) groups is 1. The Morgan fingerprint density at radius 3 is 2.56 bits per heavy atom. The van der Waals surface area contributed by atoms with Gasteiger partial charge in [-0.1, -0.05) is 12.1 Å². The maximum absolute atomic E-state index is 12.0. The average molecular weight is 474 g/mol. The summed E-state index contributed by atoms with van der Waals surface area (Å²) >= 11 is 1.65. The number of aromatic nitrogens is 2. The third kappa shape index (κ3) is 6.65. The van der Waals surface area contributed by atoms with E-state index in [0.29, 0.717) is 32.1 Å². The Kier molecular flexibility index (Phi) is 9.28. The summed E-state index contributed by atoms with van der Waals surface area (Å²) in [5, 5.41) is 4.92. The summed E-state index contributed by atoms with van der Waals surface area (Å²) in [4.78, 5) is 22.1. The summed E-state index contributed by atoms with van der Waals surface area (Å²) in [6, 6.07) is 10.9. The minimum absolute atomic E-state index is 0.327. The van der Waals surface area contributed by atoms with Crippen molar-refractivity contribution in [3.8, 4) is 0 Å². The average Bonchev–Trinajstić information content (AvgIpc) is 2.80. The summed E-state index contributed by atoms with van der Waals surface area (Å²) < 4.78 is 17.0. The van der Waals surface area contributed by atoms with E-state index in [4.69, 9.17) is 13.6 Å². The summed E-state index contributed by atoms with van der Waals surface area (Å²) in [6.45, 7) is 8.19. The van der Waals surface area contributed by atoms with E-state index >= 15 is 0 Å². The van der Waals surface area contributed by atoms with Gasteiger partial charge in [0.25, 0.3) is 0 Å². The van der Waals surface area contributed by atoms with Crippen LogP contribution in [0.4, 0.5) is 4.79 Å². The zero-order valence-corrected chi connectivity index (χ0v) is 20.7. The van der Waals surface area contributed by atoms with Crippen molar-refractivity contribution in [3.05, 3.63) is 42.7 Å². The number of carbonyl (C=O) groups excluding carboxylic acids is 1. The van der Waals surface area contributed by atoms with Gasteiger partial charge in [0.05, 0.1) is 11.0 Å². The topological polar surface area (TPSA) is 82.6 Å². The molecule has 9 heteroatoms. The number of nitrogens with zero attached hydrogens (tertiary/aromatic N) is 2. The number of nitrogens with one attached hydrogen (secondary N) is 1. The van der Waals surface area contributed by atoms with Crippen LogP contribution in [0.15, 0.2) is 47.6 Å². The summed E-state index contributed by atoms with van der Waals surface area (Å²) in [5.74, 6) is 0.656. The standard InChI is InChI=1S/C23H31N3O4SSi/c1-4-29-32(3,30-5-2)16-8-13-26-23(27)28-14-15-31-20-17-18-9-6-11-24-21(18)22-19(20)10-7-12-25-22/h6-7,9-12,17H,4-5,8,13-16H2,1-3H3,(H,26,27). The molecule has 0 aliphatic rings. The van der Waals surface area contributed by atoms with Gasteiger partial charge in [0.1, 0.15) is 6.61 Å². The predicted molar refractivity (Wildman–Crippen MR) is 131 cm³/mol. The molecule has 2 aromatic heterocycles. The largest absolute Gasteiger partial charge is 0.449 e. The highest BCUT2D eigenvalue weighted by molar-refractivity contribution is 7.99. The highest BCUT2D eigenvalue weighted by atomic mass is 32.2. The number of fused-ring (bicyclic) bond motifs is 3. The molecule has 1 aromatic carbocycles. The lowest BCUT2D eigenvalue weighted by Crippen LogP contribution is -2.39. The van der Waals surface area contributed by atoms with Crippen LogP contribution in [-0.4, -0.2) is 56.7 Å². The van der Waals surface area contributed by atoms with Gasteiger partial charge in [-0.25, -0.2) is 4.79 Å². The van der Waals surface area contributed by atoms with Crippen LogP contribution in [0.25, 0.3) is 21.8 Å². The number of alkyl carbamates (subject to hydrolysis) is 1. The highest BCUT2D eigenvalue weighted by Crippen LogP contribution is 2.32. The van der Waals surface area contributed by atoms with Crippen LogP contribution < -0.4 is 5.32 Å². The fourth-order valence-electron chi connectivity index (χ4n) is 3.60. The van der Waals surface area contributed by atoms with E-state index in [0.717, 1.165) is 39.2 Å². The first-order valence-corrected chi connectivity index (χ1v) is 14.5. The van der Waals surface area contributed by atoms with Crippen molar-refractivity contribution >= 4 is 48.2 Å². The van der Waals surface area contributed by atoms with Crippen molar-refractivity contribution in [1.29, 1.82) is 0 Å². The lowest BCUT2D eigenvalue weighted by Gasteiger charge is -2.25.